The number of rotatable bonds is 1. The highest BCUT2D eigenvalue weighted by Crippen LogP contribution is 2.11. The van der Waals surface area contributed by atoms with Crippen molar-refractivity contribution < 1.29 is 4.74 Å². The molecule has 0 saturated carbocycles. The van der Waals surface area contributed by atoms with Gasteiger partial charge in [0, 0.05) is 6.07 Å². The van der Waals surface area contributed by atoms with Gasteiger partial charge < -0.3 is 4.74 Å². The second-order valence-corrected chi connectivity index (χ2v) is 2.23. The molecule has 1 aromatic heterocycles. The van der Waals surface area contributed by atoms with Crippen LogP contribution in [0.15, 0.2) is 16.9 Å². The molecule has 0 bridgehead atoms. The third-order valence-corrected chi connectivity index (χ3v) is 1.22. The van der Waals surface area contributed by atoms with Gasteiger partial charge in [-0.05, 0) is 15.9 Å². The molecule has 1 rings (SSSR count). The monoisotopic (exact) mass is 188 g/mol. The average Bonchev–Trinajstić information content (AvgIpc) is 1.88. The molecule has 0 atom stereocenters. The first-order valence-corrected chi connectivity index (χ1v) is 3.14. The van der Waals surface area contributed by atoms with Gasteiger partial charge in [-0.25, -0.2) is 0 Å². The van der Waals surface area contributed by atoms with E-state index in [4.69, 9.17) is 4.74 Å². The van der Waals surface area contributed by atoms with Gasteiger partial charge in [-0.1, -0.05) is 0 Å². The normalized spacial score (nSPS) is 9.11. The Morgan fingerprint density at radius 3 is 2.89 bits per heavy atom. The molecule has 0 N–H and O–H groups in total. The van der Waals surface area contributed by atoms with Gasteiger partial charge in [0.25, 0.3) is 0 Å². The van der Waals surface area contributed by atoms with E-state index in [1.165, 1.54) is 0 Å². The van der Waals surface area contributed by atoms with Gasteiger partial charge in [-0.3, -0.25) is 0 Å². The number of halogens is 1. The van der Waals surface area contributed by atoms with Gasteiger partial charge in [0.2, 0.25) is 0 Å². The Morgan fingerprint density at radius 2 is 2.44 bits per heavy atom. The molecule has 3 nitrogen and oxygen atoms in total. The molecular formula is C5H5BrN2O. The first-order chi connectivity index (χ1) is 4.33. The molecule has 0 aliphatic heterocycles. The molecule has 1 aromatic rings. The van der Waals surface area contributed by atoms with Gasteiger partial charge in [-0.2, -0.15) is 5.10 Å². The summed E-state index contributed by atoms with van der Waals surface area (Å²) in [6.45, 7) is 0. The van der Waals surface area contributed by atoms with E-state index in [1.54, 1.807) is 19.4 Å². The number of methoxy groups -OCH3 is 1. The van der Waals surface area contributed by atoms with Crippen LogP contribution in [-0.2, 0) is 0 Å². The Balaban J connectivity index is 2.94. The first kappa shape index (κ1) is 6.48. The zero-order valence-corrected chi connectivity index (χ0v) is 6.42. The molecule has 1 heterocycles. The number of aromatic nitrogens is 2. The maximum Gasteiger partial charge on any atom is 0.141 e. The lowest BCUT2D eigenvalue weighted by Crippen LogP contribution is -1.86. The molecule has 0 saturated heterocycles. The van der Waals surface area contributed by atoms with Crippen molar-refractivity contribution in [2.75, 3.05) is 7.11 Å². The van der Waals surface area contributed by atoms with E-state index >= 15 is 0 Å². The fourth-order valence-electron chi connectivity index (χ4n) is 0.436. The third-order valence-electron chi connectivity index (χ3n) is 0.835. The van der Waals surface area contributed by atoms with E-state index in [0.717, 1.165) is 0 Å². The second-order valence-electron chi connectivity index (χ2n) is 1.42. The van der Waals surface area contributed by atoms with Crippen LogP contribution in [0.1, 0.15) is 0 Å². The molecule has 0 radical (unpaired) electrons. The zero-order valence-electron chi connectivity index (χ0n) is 4.84. The lowest BCUT2D eigenvalue weighted by molar-refractivity contribution is 0.411. The number of ether oxygens (including phenoxy) is 1. The van der Waals surface area contributed by atoms with E-state index in [9.17, 15) is 0 Å². The van der Waals surface area contributed by atoms with E-state index in [0.29, 0.717) is 10.4 Å². The fraction of sp³-hybridized carbons (Fsp3) is 0.200. The van der Waals surface area contributed by atoms with Crippen molar-refractivity contribution in [1.82, 2.24) is 10.2 Å². The molecule has 0 fully saturated rings. The molecule has 0 aliphatic carbocycles. The molecule has 0 spiro atoms. The van der Waals surface area contributed by atoms with Crippen LogP contribution < -0.4 is 4.74 Å². The smallest absolute Gasteiger partial charge is 0.141 e. The molecule has 0 aliphatic rings. The van der Waals surface area contributed by atoms with Crippen molar-refractivity contribution in [1.29, 1.82) is 0 Å². The van der Waals surface area contributed by atoms with Gasteiger partial charge in [-0.15, -0.1) is 5.10 Å². The topological polar surface area (TPSA) is 35.0 Å². The van der Waals surface area contributed by atoms with Crippen LogP contribution in [-0.4, -0.2) is 17.3 Å². The first-order valence-electron chi connectivity index (χ1n) is 2.35. The minimum absolute atomic E-state index is 0.682. The van der Waals surface area contributed by atoms with Gasteiger partial charge in [0.15, 0.2) is 0 Å². The van der Waals surface area contributed by atoms with Gasteiger partial charge in [0.05, 0.1) is 13.3 Å². The number of hydrogen-bond donors (Lipinski definition) is 0. The minimum atomic E-state index is 0.682. The molecule has 4 heteroatoms. The van der Waals surface area contributed by atoms with Crippen LogP contribution in [0.25, 0.3) is 0 Å². The Hall–Kier alpha value is -0.640. The van der Waals surface area contributed by atoms with Crippen molar-refractivity contribution in [3.8, 4) is 5.75 Å². The third kappa shape index (κ3) is 1.64. The summed E-state index contributed by atoms with van der Waals surface area (Å²) in [6, 6.07) is 1.74. The van der Waals surface area contributed by atoms with Crippen LogP contribution in [0, 0.1) is 0 Å². The zero-order chi connectivity index (χ0) is 6.69. The largest absolute Gasteiger partial charge is 0.495 e. The van der Waals surface area contributed by atoms with Crippen LogP contribution in [0.4, 0.5) is 0 Å². The van der Waals surface area contributed by atoms with Crippen LogP contribution in [0.5, 0.6) is 5.75 Å². The summed E-state index contributed by atoms with van der Waals surface area (Å²) >= 11 is 3.15. The van der Waals surface area contributed by atoms with E-state index in [-0.39, 0.29) is 0 Å². The van der Waals surface area contributed by atoms with Crippen molar-refractivity contribution >= 4 is 15.9 Å². The fourth-order valence-corrected chi connectivity index (χ4v) is 0.753. The van der Waals surface area contributed by atoms with E-state index in [2.05, 4.69) is 26.1 Å². The number of hydrogen-bond acceptors (Lipinski definition) is 3. The molecule has 48 valence electrons. The van der Waals surface area contributed by atoms with Crippen LogP contribution in [0.2, 0.25) is 0 Å². The quantitative estimate of drug-likeness (QED) is 0.666. The highest BCUT2D eigenvalue weighted by molar-refractivity contribution is 9.10. The van der Waals surface area contributed by atoms with Crippen molar-refractivity contribution in [2.24, 2.45) is 0 Å². The lowest BCUT2D eigenvalue weighted by Gasteiger charge is -1.95. The highest BCUT2D eigenvalue weighted by Gasteiger charge is 1.91. The number of nitrogens with zero attached hydrogens (tertiary/aromatic N) is 2. The minimum Gasteiger partial charge on any atom is -0.495 e. The van der Waals surface area contributed by atoms with E-state index < -0.39 is 0 Å². The van der Waals surface area contributed by atoms with Crippen molar-refractivity contribution in [3.05, 3.63) is 16.9 Å². The molecule has 9 heavy (non-hydrogen) atoms. The Kier molecular flexibility index (Phi) is 2.00. The van der Waals surface area contributed by atoms with Crippen molar-refractivity contribution in [3.63, 3.8) is 0 Å². The Labute approximate surface area is 61.2 Å². The highest BCUT2D eigenvalue weighted by atomic mass is 79.9. The Bertz CT molecular complexity index is 204. The van der Waals surface area contributed by atoms with Crippen molar-refractivity contribution in [2.45, 2.75) is 0 Å². The van der Waals surface area contributed by atoms with E-state index in [1.807, 2.05) is 0 Å². The van der Waals surface area contributed by atoms with Crippen LogP contribution >= 0.6 is 15.9 Å². The summed E-state index contributed by atoms with van der Waals surface area (Å²) in [6.07, 6.45) is 1.55. The summed E-state index contributed by atoms with van der Waals surface area (Å²) < 4.78 is 5.54. The predicted octanol–water partition coefficient (Wildman–Crippen LogP) is 1.25. The summed E-state index contributed by atoms with van der Waals surface area (Å²) in [7, 11) is 1.59. The average molecular weight is 189 g/mol. The molecular weight excluding hydrogens is 184 g/mol. The Morgan fingerprint density at radius 1 is 1.67 bits per heavy atom. The lowest BCUT2D eigenvalue weighted by atomic mass is 10.5. The second kappa shape index (κ2) is 2.77. The molecule has 0 unspecified atom stereocenters. The SMILES string of the molecule is COc1cnnc(Br)c1. The maximum absolute atomic E-state index is 4.86. The summed E-state index contributed by atoms with van der Waals surface area (Å²) in [4.78, 5) is 0. The van der Waals surface area contributed by atoms with Gasteiger partial charge >= 0.3 is 0 Å². The molecule has 0 amide bonds. The molecule has 0 aromatic carbocycles. The summed E-state index contributed by atoms with van der Waals surface area (Å²) in [5.41, 5.74) is 0. The summed E-state index contributed by atoms with van der Waals surface area (Å²) in [5.74, 6) is 0.705. The van der Waals surface area contributed by atoms with Gasteiger partial charge in [0.1, 0.15) is 10.4 Å². The maximum atomic E-state index is 4.86. The predicted molar refractivity (Wildman–Crippen MR) is 36.3 cm³/mol. The van der Waals surface area contributed by atoms with Crippen LogP contribution in [0.3, 0.4) is 0 Å². The summed E-state index contributed by atoms with van der Waals surface area (Å²) in [5, 5.41) is 7.31. The standard InChI is InChI=1S/C5H5BrN2O/c1-9-4-2-5(6)8-7-3-4/h2-3H,1H3.